The highest BCUT2D eigenvalue weighted by atomic mass is 19.4. The van der Waals surface area contributed by atoms with Crippen molar-refractivity contribution < 1.29 is 31.8 Å². The molecule has 0 aliphatic heterocycles. The van der Waals surface area contributed by atoms with Crippen molar-refractivity contribution in [3.8, 4) is 11.5 Å². The average molecular weight is 228 g/mol. The maximum atomic E-state index is 12.1. The molecular weight excluding hydrogens is 223 g/mol. The van der Waals surface area contributed by atoms with Gasteiger partial charge in [-0.05, 0) is 18.2 Å². The van der Waals surface area contributed by atoms with Crippen molar-refractivity contribution in [1.82, 2.24) is 0 Å². The van der Waals surface area contributed by atoms with Gasteiger partial charge in [0.15, 0.2) is 11.5 Å². The van der Waals surface area contributed by atoms with Gasteiger partial charge >= 0.3 is 6.36 Å². The Morgan fingerprint density at radius 3 is 2.27 bits per heavy atom. The Bertz CT molecular complexity index is 347. The zero-order chi connectivity index (χ0) is 11.6. The molecule has 1 aromatic carbocycles. The molecule has 0 aromatic heterocycles. The number of phenols is 1. The summed E-state index contributed by atoms with van der Waals surface area (Å²) in [5, 5.41) is 8.91. The molecule has 1 rings (SSSR count). The number of hydrogen-bond donors (Lipinski definition) is 1. The van der Waals surface area contributed by atoms with Gasteiger partial charge < -0.3 is 9.84 Å². The quantitative estimate of drug-likeness (QED) is 0.787. The van der Waals surface area contributed by atoms with Crippen LogP contribution in [-0.4, -0.2) is 11.5 Å². The van der Waals surface area contributed by atoms with Gasteiger partial charge in [0.05, 0.1) is 0 Å². The predicted molar refractivity (Wildman–Crippen MR) is 39.7 cm³/mol. The third-order valence-electron chi connectivity index (χ3n) is 1.46. The topological polar surface area (TPSA) is 29.5 Å². The lowest BCUT2D eigenvalue weighted by Crippen LogP contribution is -2.17. The van der Waals surface area contributed by atoms with Crippen molar-refractivity contribution >= 4 is 0 Å². The number of aromatic hydroxyl groups is 1. The Balaban J connectivity index is 3.01. The third kappa shape index (κ3) is 3.26. The Labute approximate surface area is 80.9 Å². The Hall–Kier alpha value is -1.53. The van der Waals surface area contributed by atoms with E-state index in [1.54, 1.807) is 0 Å². The fourth-order valence-electron chi connectivity index (χ4n) is 0.873. The molecule has 0 aliphatic rings. The van der Waals surface area contributed by atoms with E-state index in [-0.39, 0.29) is 0 Å². The number of benzene rings is 1. The van der Waals surface area contributed by atoms with E-state index in [1.807, 2.05) is 0 Å². The summed E-state index contributed by atoms with van der Waals surface area (Å²) >= 11 is 0. The van der Waals surface area contributed by atoms with Crippen LogP contribution in [0.5, 0.6) is 11.5 Å². The van der Waals surface area contributed by atoms with Crippen molar-refractivity contribution in [1.29, 1.82) is 0 Å². The smallest absolute Gasteiger partial charge is 0.504 e. The molecule has 15 heavy (non-hydrogen) atoms. The molecule has 0 saturated carbocycles. The van der Waals surface area contributed by atoms with Crippen LogP contribution in [0, 0.1) is 0 Å². The Kier molecular flexibility index (Phi) is 3.01. The molecule has 84 valence electrons. The first-order valence-electron chi connectivity index (χ1n) is 3.66. The molecule has 0 saturated heterocycles. The number of alkyl halides is 5. The molecule has 0 amide bonds. The lowest BCUT2D eigenvalue weighted by molar-refractivity contribution is -0.275. The minimum atomic E-state index is -5.03. The highest BCUT2D eigenvalue weighted by Gasteiger charge is 2.32. The van der Waals surface area contributed by atoms with Crippen molar-refractivity contribution in [2.75, 3.05) is 0 Å². The van der Waals surface area contributed by atoms with Gasteiger partial charge in [-0.1, -0.05) is 0 Å². The van der Waals surface area contributed by atoms with E-state index < -0.39 is 29.9 Å². The molecule has 0 unspecified atom stereocenters. The van der Waals surface area contributed by atoms with Crippen LogP contribution in [0.2, 0.25) is 0 Å². The summed E-state index contributed by atoms with van der Waals surface area (Å²) in [4.78, 5) is 0. The second kappa shape index (κ2) is 3.92. The van der Waals surface area contributed by atoms with Crippen LogP contribution in [0.4, 0.5) is 22.0 Å². The standard InChI is InChI=1S/C8H5F5O2/c9-7(10)4-1-2-5(14)6(3-4)15-8(11,12)13/h1-3,7,14H. The van der Waals surface area contributed by atoms with Crippen molar-refractivity contribution in [2.45, 2.75) is 12.8 Å². The van der Waals surface area contributed by atoms with Gasteiger partial charge in [0.2, 0.25) is 0 Å². The summed E-state index contributed by atoms with van der Waals surface area (Å²) < 4.78 is 62.7. The summed E-state index contributed by atoms with van der Waals surface area (Å²) in [5.74, 6) is -1.89. The molecule has 1 aromatic rings. The maximum Gasteiger partial charge on any atom is 0.573 e. The van der Waals surface area contributed by atoms with Gasteiger partial charge in [-0.25, -0.2) is 8.78 Å². The second-order valence-electron chi connectivity index (χ2n) is 2.58. The van der Waals surface area contributed by atoms with Crippen LogP contribution >= 0.6 is 0 Å². The monoisotopic (exact) mass is 228 g/mol. The van der Waals surface area contributed by atoms with Gasteiger partial charge in [0.25, 0.3) is 6.43 Å². The first kappa shape index (κ1) is 11.5. The normalized spacial score (nSPS) is 11.9. The molecule has 0 spiro atoms. The Morgan fingerprint density at radius 1 is 1.20 bits per heavy atom. The third-order valence-corrected chi connectivity index (χ3v) is 1.46. The van der Waals surface area contributed by atoms with Gasteiger partial charge in [-0.2, -0.15) is 0 Å². The lowest BCUT2D eigenvalue weighted by Gasteiger charge is -2.11. The molecule has 0 atom stereocenters. The largest absolute Gasteiger partial charge is 0.573 e. The van der Waals surface area contributed by atoms with Crippen LogP contribution in [0.3, 0.4) is 0 Å². The molecular formula is C8H5F5O2. The summed E-state index contributed by atoms with van der Waals surface area (Å²) in [6.45, 7) is 0. The predicted octanol–water partition coefficient (Wildman–Crippen LogP) is 3.23. The summed E-state index contributed by atoms with van der Waals surface area (Å²) in [7, 11) is 0. The van der Waals surface area contributed by atoms with Crippen LogP contribution in [0.25, 0.3) is 0 Å². The number of halogens is 5. The van der Waals surface area contributed by atoms with E-state index in [2.05, 4.69) is 4.74 Å². The summed E-state index contributed by atoms with van der Waals surface area (Å²) in [5.41, 5.74) is -0.660. The first-order valence-corrected chi connectivity index (χ1v) is 3.66. The highest BCUT2D eigenvalue weighted by Crippen LogP contribution is 2.34. The van der Waals surface area contributed by atoms with Gasteiger partial charge in [-0.3, -0.25) is 0 Å². The Morgan fingerprint density at radius 2 is 1.80 bits per heavy atom. The van der Waals surface area contributed by atoms with E-state index in [0.717, 1.165) is 6.07 Å². The molecule has 0 heterocycles. The molecule has 7 heteroatoms. The lowest BCUT2D eigenvalue weighted by atomic mass is 10.2. The zero-order valence-electron chi connectivity index (χ0n) is 7.05. The van der Waals surface area contributed by atoms with E-state index in [9.17, 15) is 22.0 Å². The van der Waals surface area contributed by atoms with Crippen molar-refractivity contribution in [2.24, 2.45) is 0 Å². The van der Waals surface area contributed by atoms with E-state index in [4.69, 9.17) is 5.11 Å². The number of hydrogen-bond acceptors (Lipinski definition) is 2. The van der Waals surface area contributed by atoms with Crippen molar-refractivity contribution in [3.05, 3.63) is 23.8 Å². The minimum Gasteiger partial charge on any atom is -0.504 e. The van der Waals surface area contributed by atoms with E-state index in [0.29, 0.717) is 12.1 Å². The van der Waals surface area contributed by atoms with Crippen LogP contribution in [0.1, 0.15) is 12.0 Å². The number of ether oxygens (including phenoxy) is 1. The van der Waals surface area contributed by atoms with Crippen LogP contribution < -0.4 is 4.74 Å². The fourth-order valence-corrected chi connectivity index (χ4v) is 0.873. The number of rotatable bonds is 2. The fraction of sp³-hybridized carbons (Fsp3) is 0.250. The molecule has 2 nitrogen and oxygen atoms in total. The molecule has 0 bridgehead atoms. The molecule has 0 fully saturated rings. The molecule has 1 N–H and O–H groups in total. The van der Waals surface area contributed by atoms with Gasteiger partial charge in [0, 0.05) is 5.56 Å². The van der Waals surface area contributed by atoms with Crippen LogP contribution in [-0.2, 0) is 0 Å². The van der Waals surface area contributed by atoms with Crippen molar-refractivity contribution in [3.63, 3.8) is 0 Å². The molecule has 0 radical (unpaired) electrons. The zero-order valence-corrected chi connectivity index (χ0v) is 7.05. The van der Waals surface area contributed by atoms with Crippen LogP contribution in [0.15, 0.2) is 18.2 Å². The first-order chi connectivity index (χ1) is 6.79. The van der Waals surface area contributed by atoms with E-state index in [1.165, 1.54) is 0 Å². The molecule has 0 aliphatic carbocycles. The second-order valence-corrected chi connectivity index (χ2v) is 2.58. The summed E-state index contributed by atoms with van der Waals surface area (Å²) in [6, 6.07) is 1.96. The van der Waals surface area contributed by atoms with Gasteiger partial charge in [0.1, 0.15) is 0 Å². The van der Waals surface area contributed by atoms with Gasteiger partial charge in [-0.15, -0.1) is 13.2 Å². The minimum absolute atomic E-state index is 0.438. The average Bonchev–Trinajstić information content (AvgIpc) is 2.06. The van der Waals surface area contributed by atoms with E-state index >= 15 is 0 Å². The SMILES string of the molecule is Oc1ccc(C(F)F)cc1OC(F)(F)F. The maximum absolute atomic E-state index is 12.1. The number of phenolic OH excluding ortho intramolecular Hbond substituents is 1. The highest BCUT2D eigenvalue weighted by molar-refractivity contribution is 5.42. The summed E-state index contributed by atoms with van der Waals surface area (Å²) in [6.07, 6.45) is -7.96.